The number of carbonyl (C=O) groups excluding carboxylic acids is 3. The van der Waals surface area contributed by atoms with Crippen molar-refractivity contribution in [3.05, 3.63) is 47.7 Å². The van der Waals surface area contributed by atoms with Crippen molar-refractivity contribution < 1.29 is 23.5 Å². The van der Waals surface area contributed by atoms with Crippen molar-refractivity contribution in [2.45, 2.75) is 0 Å². The first-order valence-electron chi connectivity index (χ1n) is 8.36. The maximum Gasteiger partial charge on any atom is 0.338 e. The largest absolute Gasteiger partial charge is 0.453 e. The molecule has 0 saturated carbocycles. The van der Waals surface area contributed by atoms with E-state index in [2.05, 4.69) is 4.90 Å². The lowest BCUT2D eigenvalue weighted by atomic mass is 10.1. The molecule has 7 heteroatoms. The van der Waals surface area contributed by atoms with Gasteiger partial charge in [-0.3, -0.25) is 9.59 Å². The number of piperazine rings is 1. The Morgan fingerprint density at radius 3 is 2.38 bits per heavy atom. The molecule has 0 radical (unpaired) electrons. The van der Waals surface area contributed by atoms with Crippen molar-refractivity contribution in [3.8, 4) is 11.3 Å². The molecule has 7 nitrogen and oxygen atoms in total. The van der Waals surface area contributed by atoms with E-state index >= 15 is 0 Å². The molecule has 1 saturated heterocycles. The molecule has 136 valence electrons. The van der Waals surface area contributed by atoms with Crippen molar-refractivity contribution in [2.75, 3.05) is 39.8 Å². The van der Waals surface area contributed by atoms with E-state index in [4.69, 9.17) is 9.15 Å². The number of nitrogens with zero attached hydrogens (tertiary/aromatic N) is 2. The fourth-order valence-corrected chi connectivity index (χ4v) is 2.70. The Bertz CT molecular complexity index is 789. The number of ether oxygens (including phenoxy) is 1. The maximum absolute atomic E-state index is 12.1. The molecule has 1 aromatic carbocycles. The SMILES string of the molecule is CN1CCN(C(=O)COC(=O)c2ccc(-c3ccc(C=O)o3)cc2)CC1. The third kappa shape index (κ3) is 4.18. The lowest BCUT2D eigenvalue weighted by Crippen LogP contribution is -2.48. The maximum atomic E-state index is 12.1. The smallest absolute Gasteiger partial charge is 0.338 e. The lowest BCUT2D eigenvalue weighted by molar-refractivity contribution is -0.136. The molecular weight excluding hydrogens is 336 g/mol. The highest BCUT2D eigenvalue weighted by atomic mass is 16.5. The molecule has 0 atom stereocenters. The van der Waals surface area contributed by atoms with Crippen LogP contribution in [0.25, 0.3) is 11.3 Å². The van der Waals surface area contributed by atoms with Crippen LogP contribution in [0.15, 0.2) is 40.8 Å². The molecule has 2 heterocycles. The summed E-state index contributed by atoms with van der Waals surface area (Å²) in [7, 11) is 2.01. The predicted molar refractivity (Wildman–Crippen MR) is 93.9 cm³/mol. The minimum Gasteiger partial charge on any atom is -0.453 e. The Balaban J connectivity index is 1.54. The second-order valence-electron chi connectivity index (χ2n) is 6.16. The standard InChI is InChI=1S/C19H20N2O5/c1-20-8-10-21(11-9-20)18(23)13-25-19(24)15-4-2-14(3-5-15)17-7-6-16(12-22)26-17/h2-7,12H,8-11,13H2,1H3. The van der Waals surface area contributed by atoms with Gasteiger partial charge in [-0.15, -0.1) is 0 Å². The predicted octanol–water partition coefficient (Wildman–Crippen LogP) is 1.69. The zero-order chi connectivity index (χ0) is 18.5. The number of rotatable bonds is 5. The van der Waals surface area contributed by atoms with Crippen molar-refractivity contribution in [1.82, 2.24) is 9.80 Å². The van der Waals surface area contributed by atoms with E-state index in [-0.39, 0.29) is 18.3 Å². The van der Waals surface area contributed by atoms with Gasteiger partial charge in [0.2, 0.25) is 0 Å². The molecule has 1 aliphatic heterocycles. The molecule has 3 rings (SSSR count). The summed E-state index contributed by atoms with van der Waals surface area (Å²) in [6.07, 6.45) is 0.632. The highest BCUT2D eigenvalue weighted by molar-refractivity contribution is 5.91. The Kier molecular flexibility index (Phi) is 5.48. The molecule has 1 aliphatic rings. The monoisotopic (exact) mass is 356 g/mol. The summed E-state index contributed by atoms with van der Waals surface area (Å²) in [5, 5.41) is 0. The molecule has 0 unspecified atom stereocenters. The highest BCUT2D eigenvalue weighted by Crippen LogP contribution is 2.22. The molecule has 1 aromatic heterocycles. The molecule has 0 N–H and O–H groups in total. The summed E-state index contributed by atoms with van der Waals surface area (Å²) >= 11 is 0. The first-order valence-corrected chi connectivity index (χ1v) is 8.36. The van der Waals surface area contributed by atoms with E-state index in [1.807, 2.05) is 7.05 Å². The minimum absolute atomic E-state index is 0.181. The quantitative estimate of drug-likeness (QED) is 0.599. The van der Waals surface area contributed by atoms with E-state index in [1.165, 1.54) is 0 Å². The van der Waals surface area contributed by atoms with Crippen LogP contribution in [0.1, 0.15) is 20.9 Å². The molecule has 26 heavy (non-hydrogen) atoms. The normalized spacial score (nSPS) is 14.9. The third-order valence-corrected chi connectivity index (χ3v) is 4.33. The molecule has 1 amide bonds. The zero-order valence-electron chi connectivity index (χ0n) is 14.5. The van der Waals surface area contributed by atoms with Gasteiger partial charge >= 0.3 is 5.97 Å². The summed E-state index contributed by atoms with van der Waals surface area (Å²) in [6.45, 7) is 2.67. The second kappa shape index (κ2) is 7.97. The van der Waals surface area contributed by atoms with Crippen LogP contribution in [-0.4, -0.2) is 67.8 Å². The van der Waals surface area contributed by atoms with Gasteiger partial charge in [-0.25, -0.2) is 4.79 Å². The fourth-order valence-electron chi connectivity index (χ4n) is 2.70. The molecular formula is C19H20N2O5. The van der Waals surface area contributed by atoms with Gasteiger partial charge in [0.1, 0.15) is 5.76 Å². The summed E-state index contributed by atoms with van der Waals surface area (Å²) in [5.74, 6) is 0.0512. The van der Waals surface area contributed by atoms with Crippen molar-refractivity contribution >= 4 is 18.2 Å². The topological polar surface area (TPSA) is 80.1 Å². The van der Waals surface area contributed by atoms with Crippen molar-refractivity contribution in [2.24, 2.45) is 0 Å². The van der Waals surface area contributed by atoms with Gasteiger partial charge < -0.3 is 19.0 Å². The van der Waals surface area contributed by atoms with Crippen LogP contribution in [-0.2, 0) is 9.53 Å². The number of likely N-dealkylation sites (N-methyl/N-ethyl adjacent to an activating group) is 1. The first-order chi connectivity index (χ1) is 12.6. The third-order valence-electron chi connectivity index (χ3n) is 4.33. The van der Waals surface area contributed by atoms with E-state index < -0.39 is 5.97 Å². The molecule has 0 spiro atoms. The molecule has 2 aromatic rings. The number of carbonyl (C=O) groups is 3. The Morgan fingerprint density at radius 1 is 1.08 bits per heavy atom. The number of benzene rings is 1. The van der Waals surface area contributed by atoms with Crippen LogP contribution in [0, 0.1) is 0 Å². The van der Waals surface area contributed by atoms with E-state index in [0.29, 0.717) is 30.7 Å². The number of amides is 1. The van der Waals surface area contributed by atoms with Gasteiger partial charge in [0.05, 0.1) is 5.56 Å². The van der Waals surface area contributed by atoms with Gasteiger partial charge in [-0.1, -0.05) is 12.1 Å². The van der Waals surface area contributed by atoms with Gasteiger partial charge in [0.25, 0.3) is 5.91 Å². The number of hydrogen-bond acceptors (Lipinski definition) is 6. The van der Waals surface area contributed by atoms with Crippen LogP contribution in [0.2, 0.25) is 0 Å². The van der Waals surface area contributed by atoms with E-state index in [9.17, 15) is 14.4 Å². The fraction of sp³-hybridized carbons (Fsp3) is 0.316. The van der Waals surface area contributed by atoms with Gasteiger partial charge in [-0.05, 0) is 31.3 Å². The van der Waals surface area contributed by atoms with Crippen molar-refractivity contribution in [1.29, 1.82) is 0 Å². The second-order valence-corrected chi connectivity index (χ2v) is 6.16. The van der Waals surface area contributed by atoms with Crippen LogP contribution in [0.5, 0.6) is 0 Å². The summed E-state index contributed by atoms with van der Waals surface area (Å²) in [5.41, 5.74) is 1.09. The Labute approximate surface area is 151 Å². The van der Waals surface area contributed by atoms with E-state index in [0.717, 1.165) is 18.7 Å². The average Bonchev–Trinajstić information content (AvgIpc) is 3.16. The summed E-state index contributed by atoms with van der Waals surface area (Å²) < 4.78 is 10.5. The minimum atomic E-state index is -0.549. The van der Waals surface area contributed by atoms with Crippen molar-refractivity contribution in [3.63, 3.8) is 0 Å². The van der Waals surface area contributed by atoms with Gasteiger partial charge in [0.15, 0.2) is 18.7 Å². The Hall–Kier alpha value is -2.93. The van der Waals surface area contributed by atoms with Crippen LogP contribution >= 0.6 is 0 Å². The number of furan rings is 1. The van der Waals surface area contributed by atoms with Crippen LogP contribution < -0.4 is 0 Å². The van der Waals surface area contributed by atoms with Gasteiger partial charge in [0, 0.05) is 31.7 Å². The highest BCUT2D eigenvalue weighted by Gasteiger charge is 2.20. The van der Waals surface area contributed by atoms with Crippen LogP contribution in [0.4, 0.5) is 0 Å². The molecule has 0 bridgehead atoms. The number of esters is 1. The number of aldehydes is 1. The van der Waals surface area contributed by atoms with E-state index in [1.54, 1.807) is 41.3 Å². The first kappa shape index (κ1) is 17.9. The van der Waals surface area contributed by atoms with Crippen LogP contribution in [0.3, 0.4) is 0 Å². The zero-order valence-corrected chi connectivity index (χ0v) is 14.5. The molecule has 0 aliphatic carbocycles. The Morgan fingerprint density at radius 2 is 1.77 bits per heavy atom. The average molecular weight is 356 g/mol. The summed E-state index contributed by atoms with van der Waals surface area (Å²) in [4.78, 5) is 38.7. The van der Waals surface area contributed by atoms with Gasteiger partial charge in [-0.2, -0.15) is 0 Å². The molecule has 1 fully saturated rings. The number of hydrogen-bond donors (Lipinski definition) is 0. The summed E-state index contributed by atoms with van der Waals surface area (Å²) in [6, 6.07) is 9.86. The lowest BCUT2D eigenvalue weighted by Gasteiger charge is -2.32.